The first-order chi connectivity index (χ1) is 8.08. The Hall–Kier alpha value is -1.75. The van der Waals surface area contributed by atoms with Crippen LogP contribution < -0.4 is 11.1 Å². The fraction of sp³-hybridized carbons (Fsp3) is 0.0833. The molecule has 0 fully saturated rings. The predicted molar refractivity (Wildman–Crippen MR) is 70.0 cm³/mol. The maximum Gasteiger partial charge on any atom is 0.291 e. The number of hydrogen-bond acceptors (Lipinski definition) is 3. The lowest BCUT2D eigenvalue weighted by molar-refractivity contribution is 0.0996. The molecule has 2 rings (SSSR count). The van der Waals surface area contributed by atoms with Crippen LogP contribution in [-0.2, 0) is 0 Å². The summed E-state index contributed by atoms with van der Waals surface area (Å²) < 4.78 is 5.96. The largest absolute Gasteiger partial charge is 0.459 e. The van der Waals surface area contributed by atoms with Gasteiger partial charge in [-0.3, -0.25) is 4.79 Å². The summed E-state index contributed by atoms with van der Waals surface area (Å²) in [4.78, 5) is 11.9. The second-order valence-electron chi connectivity index (χ2n) is 3.62. The van der Waals surface area contributed by atoms with Crippen molar-refractivity contribution in [3.63, 3.8) is 0 Å². The predicted octanol–water partition coefficient (Wildman–Crippen LogP) is 3.19. The molecule has 4 nitrogen and oxygen atoms in total. The minimum absolute atomic E-state index is 0.298. The van der Waals surface area contributed by atoms with Crippen molar-refractivity contribution in [2.75, 3.05) is 11.1 Å². The van der Waals surface area contributed by atoms with Gasteiger partial charge in [-0.2, -0.15) is 0 Å². The van der Waals surface area contributed by atoms with Gasteiger partial charge in [0.1, 0.15) is 0 Å². The first-order valence-electron chi connectivity index (χ1n) is 4.98. The summed E-state index contributed by atoms with van der Waals surface area (Å²) in [7, 11) is 0. The van der Waals surface area contributed by atoms with E-state index in [2.05, 4.69) is 21.2 Å². The Morgan fingerprint density at radius 3 is 2.76 bits per heavy atom. The van der Waals surface area contributed by atoms with Crippen molar-refractivity contribution in [2.24, 2.45) is 0 Å². The fourth-order valence-electron chi connectivity index (χ4n) is 1.43. The highest BCUT2D eigenvalue weighted by Crippen LogP contribution is 2.23. The number of nitrogen functional groups attached to an aromatic ring is 1. The summed E-state index contributed by atoms with van der Waals surface area (Å²) in [6, 6.07) is 7.00. The number of anilines is 2. The van der Waals surface area contributed by atoms with Crippen LogP contribution in [0.1, 0.15) is 16.1 Å². The van der Waals surface area contributed by atoms with Crippen LogP contribution in [0, 0.1) is 6.92 Å². The number of aryl methyl sites for hydroxylation is 1. The van der Waals surface area contributed by atoms with Crippen molar-refractivity contribution >= 4 is 33.2 Å². The number of amides is 1. The highest BCUT2D eigenvalue weighted by molar-refractivity contribution is 9.10. The number of benzene rings is 1. The summed E-state index contributed by atoms with van der Waals surface area (Å²) in [5.41, 5.74) is 7.64. The van der Waals surface area contributed by atoms with Gasteiger partial charge in [-0.25, -0.2) is 0 Å². The molecular formula is C12H11BrN2O2. The monoisotopic (exact) mass is 294 g/mol. The van der Waals surface area contributed by atoms with Gasteiger partial charge in [-0.1, -0.05) is 15.9 Å². The molecule has 1 aromatic carbocycles. The van der Waals surface area contributed by atoms with Crippen LogP contribution in [0.5, 0.6) is 0 Å². The van der Waals surface area contributed by atoms with Gasteiger partial charge in [0, 0.05) is 10.0 Å². The SMILES string of the molecule is Cc1ccoc1C(=O)Nc1ccc(Br)cc1N. The maximum absolute atomic E-state index is 11.9. The quantitative estimate of drug-likeness (QED) is 0.836. The summed E-state index contributed by atoms with van der Waals surface area (Å²) >= 11 is 3.30. The molecule has 5 heteroatoms. The molecule has 0 radical (unpaired) electrons. The van der Waals surface area contributed by atoms with E-state index in [-0.39, 0.29) is 5.91 Å². The Kier molecular flexibility index (Phi) is 3.19. The summed E-state index contributed by atoms with van der Waals surface area (Å²) in [5, 5.41) is 2.70. The van der Waals surface area contributed by atoms with Gasteiger partial charge in [-0.15, -0.1) is 0 Å². The average molecular weight is 295 g/mol. The first-order valence-corrected chi connectivity index (χ1v) is 5.77. The highest BCUT2D eigenvalue weighted by Gasteiger charge is 2.13. The first kappa shape index (κ1) is 11.7. The maximum atomic E-state index is 11.9. The van der Waals surface area contributed by atoms with Gasteiger partial charge in [0.25, 0.3) is 5.91 Å². The molecule has 0 aliphatic carbocycles. The van der Waals surface area contributed by atoms with Gasteiger partial charge >= 0.3 is 0 Å². The lowest BCUT2D eigenvalue weighted by Gasteiger charge is -2.07. The molecule has 0 aliphatic rings. The van der Waals surface area contributed by atoms with E-state index in [0.717, 1.165) is 10.0 Å². The van der Waals surface area contributed by atoms with Gasteiger partial charge in [0.15, 0.2) is 5.76 Å². The zero-order valence-corrected chi connectivity index (χ0v) is 10.7. The number of halogens is 1. The summed E-state index contributed by atoms with van der Waals surface area (Å²) in [6.07, 6.45) is 1.48. The Balaban J connectivity index is 2.22. The minimum Gasteiger partial charge on any atom is -0.459 e. The normalized spacial score (nSPS) is 10.2. The van der Waals surface area contributed by atoms with Gasteiger partial charge < -0.3 is 15.5 Å². The molecule has 0 spiro atoms. The topological polar surface area (TPSA) is 68.3 Å². The molecule has 17 heavy (non-hydrogen) atoms. The van der Waals surface area contributed by atoms with Gasteiger partial charge in [-0.05, 0) is 31.2 Å². The number of nitrogens with one attached hydrogen (secondary N) is 1. The number of carbonyl (C=O) groups excluding carboxylic acids is 1. The van der Waals surface area contributed by atoms with Crippen LogP contribution in [0.3, 0.4) is 0 Å². The third-order valence-electron chi connectivity index (χ3n) is 2.33. The zero-order chi connectivity index (χ0) is 12.4. The van der Waals surface area contributed by atoms with E-state index in [0.29, 0.717) is 17.1 Å². The highest BCUT2D eigenvalue weighted by atomic mass is 79.9. The molecule has 0 atom stereocenters. The molecule has 88 valence electrons. The Morgan fingerprint density at radius 1 is 1.41 bits per heavy atom. The second-order valence-corrected chi connectivity index (χ2v) is 4.53. The van der Waals surface area contributed by atoms with E-state index in [9.17, 15) is 4.79 Å². The molecule has 0 saturated carbocycles. The number of rotatable bonds is 2. The molecule has 0 saturated heterocycles. The van der Waals surface area contributed by atoms with Crippen molar-refractivity contribution < 1.29 is 9.21 Å². The van der Waals surface area contributed by atoms with E-state index in [4.69, 9.17) is 10.2 Å². The van der Waals surface area contributed by atoms with E-state index in [1.807, 2.05) is 6.92 Å². The summed E-state index contributed by atoms with van der Waals surface area (Å²) in [5.74, 6) is -0.00570. The van der Waals surface area contributed by atoms with E-state index in [1.54, 1.807) is 24.3 Å². The van der Waals surface area contributed by atoms with Crippen LogP contribution in [0.2, 0.25) is 0 Å². The van der Waals surface area contributed by atoms with E-state index in [1.165, 1.54) is 6.26 Å². The Bertz CT molecular complexity index is 563. The lowest BCUT2D eigenvalue weighted by Crippen LogP contribution is -2.13. The average Bonchev–Trinajstić information content (AvgIpc) is 2.68. The third-order valence-corrected chi connectivity index (χ3v) is 2.82. The molecule has 0 aliphatic heterocycles. The fourth-order valence-corrected chi connectivity index (χ4v) is 1.81. The van der Waals surface area contributed by atoms with Crippen molar-refractivity contribution in [1.82, 2.24) is 0 Å². The molecule has 3 N–H and O–H groups in total. The molecule has 2 aromatic rings. The van der Waals surface area contributed by atoms with E-state index < -0.39 is 0 Å². The molecular weight excluding hydrogens is 284 g/mol. The molecule has 1 aromatic heterocycles. The van der Waals surface area contributed by atoms with Crippen molar-refractivity contribution in [3.05, 3.63) is 46.3 Å². The third kappa shape index (κ3) is 2.50. The molecule has 1 amide bonds. The van der Waals surface area contributed by atoms with Crippen LogP contribution in [-0.4, -0.2) is 5.91 Å². The van der Waals surface area contributed by atoms with Crippen molar-refractivity contribution in [1.29, 1.82) is 0 Å². The second kappa shape index (κ2) is 4.63. The number of nitrogens with two attached hydrogens (primary N) is 1. The number of carbonyl (C=O) groups is 1. The lowest BCUT2D eigenvalue weighted by atomic mass is 10.2. The number of furan rings is 1. The number of hydrogen-bond donors (Lipinski definition) is 2. The standard InChI is InChI=1S/C12H11BrN2O2/c1-7-4-5-17-11(7)12(16)15-10-3-2-8(13)6-9(10)14/h2-6H,14H2,1H3,(H,15,16). The van der Waals surface area contributed by atoms with Gasteiger partial charge in [0.05, 0.1) is 17.6 Å². The van der Waals surface area contributed by atoms with Crippen LogP contribution >= 0.6 is 15.9 Å². The molecule has 1 heterocycles. The van der Waals surface area contributed by atoms with Crippen LogP contribution in [0.4, 0.5) is 11.4 Å². The Labute approximate surface area is 107 Å². The Morgan fingerprint density at radius 2 is 2.18 bits per heavy atom. The summed E-state index contributed by atoms with van der Waals surface area (Å²) in [6.45, 7) is 1.81. The zero-order valence-electron chi connectivity index (χ0n) is 9.16. The smallest absolute Gasteiger partial charge is 0.291 e. The molecule has 0 unspecified atom stereocenters. The van der Waals surface area contributed by atoms with Crippen molar-refractivity contribution in [3.8, 4) is 0 Å². The van der Waals surface area contributed by atoms with Gasteiger partial charge in [0.2, 0.25) is 0 Å². The van der Waals surface area contributed by atoms with Crippen LogP contribution in [0.15, 0.2) is 39.4 Å². The van der Waals surface area contributed by atoms with Crippen molar-refractivity contribution in [2.45, 2.75) is 6.92 Å². The van der Waals surface area contributed by atoms with E-state index >= 15 is 0 Å². The molecule has 0 bridgehead atoms. The minimum atomic E-state index is -0.304. The van der Waals surface area contributed by atoms with Crippen LogP contribution in [0.25, 0.3) is 0 Å².